The highest BCUT2D eigenvalue weighted by Crippen LogP contribution is 2.44. The van der Waals surface area contributed by atoms with Crippen LogP contribution in [0.2, 0.25) is 0 Å². The van der Waals surface area contributed by atoms with Gasteiger partial charge in [0.15, 0.2) is 0 Å². The molecule has 186 valence electrons. The van der Waals surface area contributed by atoms with E-state index in [-0.39, 0.29) is 24.9 Å². The number of alkyl carbamates (subject to hydrolysis) is 1. The van der Waals surface area contributed by atoms with Gasteiger partial charge in [-0.3, -0.25) is 4.79 Å². The first-order valence-electron chi connectivity index (χ1n) is 11.6. The van der Waals surface area contributed by atoms with E-state index < -0.39 is 48.9 Å². The summed E-state index contributed by atoms with van der Waals surface area (Å²) in [5.74, 6) is -5.90. The van der Waals surface area contributed by atoms with E-state index in [0.29, 0.717) is 4.90 Å². The first-order valence-corrected chi connectivity index (χ1v) is 11.6. The van der Waals surface area contributed by atoms with Crippen molar-refractivity contribution < 1.29 is 33.0 Å². The summed E-state index contributed by atoms with van der Waals surface area (Å²) in [5, 5.41) is 11.8. The molecule has 1 heterocycles. The summed E-state index contributed by atoms with van der Waals surface area (Å²) in [4.78, 5) is 37.9. The van der Waals surface area contributed by atoms with Gasteiger partial charge in [-0.05, 0) is 34.6 Å². The first-order chi connectivity index (χ1) is 16.6. The molecule has 2 amide bonds. The summed E-state index contributed by atoms with van der Waals surface area (Å²) in [6, 6.07) is 12.9. The van der Waals surface area contributed by atoms with Gasteiger partial charge in [-0.25, -0.2) is 18.4 Å². The number of ether oxygens (including phenoxy) is 1. The number of hydrogen-bond acceptors (Lipinski definition) is 4. The quantitative estimate of drug-likeness (QED) is 0.610. The van der Waals surface area contributed by atoms with Crippen LogP contribution in [0, 0.1) is 5.92 Å². The highest BCUT2D eigenvalue weighted by molar-refractivity contribution is 5.90. The molecule has 1 aliphatic carbocycles. The number of carboxylic acids is 1. The number of carbonyl (C=O) groups excluding carboxylic acids is 2. The Kier molecular flexibility index (Phi) is 6.78. The summed E-state index contributed by atoms with van der Waals surface area (Å²) in [6.45, 7) is 2.66. The van der Waals surface area contributed by atoms with Gasteiger partial charge in [0.25, 0.3) is 5.92 Å². The van der Waals surface area contributed by atoms with Gasteiger partial charge in [0, 0.05) is 12.3 Å². The number of carbonyl (C=O) groups is 3. The third-order valence-corrected chi connectivity index (χ3v) is 6.48. The second kappa shape index (κ2) is 9.64. The maximum Gasteiger partial charge on any atom is 0.407 e. The van der Waals surface area contributed by atoms with E-state index in [0.717, 1.165) is 22.3 Å². The van der Waals surface area contributed by atoms with E-state index in [2.05, 4.69) is 5.32 Å². The Bertz CT molecular complexity index is 1090. The molecule has 2 aromatic rings. The zero-order chi connectivity index (χ0) is 25.3. The molecule has 4 rings (SSSR count). The van der Waals surface area contributed by atoms with Gasteiger partial charge in [0.05, 0.1) is 6.54 Å². The second-order valence-electron chi connectivity index (χ2n) is 9.53. The van der Waals surface area contributed by atoms with Crippen LogP contribution >= 0.6 is 0 Å². The monoisotopic (exact) mass is 486 g/mol. The molecule has 1 saturated heterocycles. The van der Waals surface area contributed by atoms with E-state index >= 15 is 0 Å². The molecule has 1 fully saturated rings. The Morgan fingerprint density at radius 1 is 1.09 bits per heavy atom. The molecule has 1 aliphatic heterocycles. The van der Waals surface area contributed by atoms with Crippen LogP contribution in [0.3, 0.4) is 0 Å². The van der Waals surface area contributed by atoms with E-state index in [4.69, 9.17) is 4.74 Å². The molecule has 0 radical (unpaired) electrons. The maximum absolute atomic E-state index is 13.9. The summed E-state index contributed by atoms with van der Waals surface area (Å²) >= 11 is 0. The van der Waals surface area contributed by atoms with Crippen LogP contribution in [-0.4, -0.2) is 59.1 Å². The van der Waals surface area contributed by atoms with Gasteiger partial charge in [-0.15, -0.1) is 0 Å². The van der Waals surface area contributed by atoms with E-state index in [1.807, 2.05) is 62.4 Å². The molecule has 0 spiro atoms. The number of rotatable bonds is 7. The van der Waals surface area contributed by atoms with E-state index in [1.54, 1.807) is 0 Å². The molecule has 9 heteroatoms. The Morgan fingerprint density at radius 3 is 2.20 bits per heavy atom. The van der Waals surface area contributed by atoms with Crippen molar-refractivity contribution in [2.24, 2.45) is 5.92 Å². The van der Waals surface area contributed by atoms with Crippen LogP contribution in [0.25, 0.3) is 11.1 Å². The maximum atomic E-state index is 13.9. The Morgan fingerprint density at radius 2 is 1.66 bits per heavy atom. The molecule has 0 bridgehead atoms. The van der Waals surface area contributed by atoms with Crippen molar-refractivity contribution in [2.75, 3.05) is 13.2 Å². The topological polar surface area (TPSA) is 95.9 Å². The first kappa shape index (κ1) is 24.6. The fraction of sp³-hybridized carbons (Fsp3) is 0.423. The van der Waals surface area contributed by atoms with Gasteiger partial charge < -0.3 is 20.1 Å². The zero-order valence-corrected chi connectivity index (χ0v) is 19.5. The number of hydrogen-bond donors (Lipinski definition) is 2. The van der Waals surface area contributed by atoms with E-state index in [1.165, 1.54) is 0 Å². The van der Waals surface area contributed by atoms with Crippen molar-refractivity contribution in [3.8, 4) is 11.1 Å². The summed E-state index contributed by atoms with van der Waals surface area (Å²) < 4.78 is 33.3. The lowest BCUT2D eigenvalue weighted by Gasteiger charge is -2.27. The van der Waals surface area contributed by atoms with Crippen molar-refractivity contribution in [3.63, 3.8) is 0 Å². The molecule has 2 aliphatic rings. The third-order valence-electron chi connectivity index (χ3n) is 6.48. The third kappa shape index (κ3) is 5.13. The lowest BCUT2D eigenvalue weighted by molar-refractivity contribution is -0.149. The standard InChI is InChI=1S/C26H28F2N2O5/c1-15(2)11-21(23(31)30-14-26(27,28)12-22(30)24(32)33)29-25(34)35-13-20-18-9-5-3-7-16(18)17-8-4-6-10-19(17)20/h3-10,15,20-22H,11-14H2,1-2H3,(H,29,34)(H,32,33)/t21?,22-/m0/s1. The van der Waals surface area contributed by atoms with Crippen molar-refractivity contribution in [1.29, 1.82) is 0 Å². The van der Waals surface area contributed by atoms with Crippen molar-refractivity contribution in [3.05, 3.63) is 59.7 Å². The average Bonchev–Trinajstić information content (AvgIpc) is 3.31. The van der Waals surface area contributed by atoms with Crippen LogP contribution in [-0.2, 0) is 14.3 Å². The number of alkyl halides is 2. The Balaban J connectivity index is 1.46. The predicted octanol–water partition coefficient (Wildman–Crippen LogP) is 4.26. The fourth-order valence-corrected chi connectivity index (χ4v) is 4.94. The minimum Gasteiger partial charge on any atom is -0.480 e. The van der Waals surface area contributed by atoms with Crippen molar-refractivity contribution in [1.82, 2.24) is 10.2 Å². The number of fused-ring (bicyclic) bond motifs is 3. The van der Waals surface area contributed by atoms with Gasteiger partial charge >= 0.3 is 12.1 Å². The highest BCUT2D eigenvalue weighted by Gasteiger charge is 2.51. The Labute approximate surface area is 202 Å². The molecule has 2 atom stereocenters. The van der Waals surface area contributed by atoms with Gasteiger partial charge in [-0.1, -0.05) is 62.4 Å². The number of aliphatic carboxylic acids is 1. The minimum absolute atomic E-state index is 0.0297. The smallest absolute Gasteiger partial charge is 0.407 e. The number of likely N-dealkylation sites (tertiary alicyclic amines) is 1. The van der Waals surface area contributed by atoms with Crippen LogP contribution in [0.4, 0.5) is 13.6 Å². The molecule has 35 heavy (non-hydrogen) atoms. The molecule has 7 nitrogen and oxygen atoms in total. The summed E-state index contributed by atoms with van der Waals surface area (Å²) in [5.41, 5.74) is 4.19. The SMILES string of the molecule is CC(C)CC(NC(=O)OCC1c2ccccc2-c2ccccc21)C(=O)N1CC(F)(F)C[C@H]1C(=O)O. The Hall–Kier alpha value is -3.49. The number of amides is 2. The van der Waals surface area contributed by atoms with Crippen LogP contribution in [0.1, 0.15) is 43.7 Å². The van der Waals surface area contributed by atoms with Crippen molar-refractivity contribution >= 4 is 18.0 Å². The predicted molar refractivity (Wildman–Crippen MR) is 124 cm³/mol. The van der Waals surface area contributed by atoms with Gasteiger partial charge in [0.1, 0.15) is 18.7 Å². The van der Waals surface area contributed by atoms with Crippen LogP contribution in [0.5, 0.6) is 0 Å². The van der Waals surface area contributed by atoms with Crippen LogP contribution < -0.4 is 5.32 Å². The molecular weight excluding hydrogens is 458 g/mol. The molecule has 0 saturated carbocycles. The van der Waals surface area contributed by atoms with Gasteiger partial charge in [-0.2, -0.15) is 0 Å². The van der Waals surface area contributed by atoms with Crippen molar-refractivity contribution in [2.45, 2.75) is 50.6 Å². The van der Waals surface area contributed by atoms with Crippen LogP contribution in [0.15, 0.2) is 48.5 Å². The molecule has 2 aromatic carbocycles. The number of nitrogens with zero attached hydrogens (tertiary/aromatic N) is 1. The fourth-order valence-electron chi connectivity index (χ4n) is 4.94. The van der Waals surface area contributed by atoms with E-state index in [9.17, 15) is 28.3 Å². The summed E-state index contributed by atoms with van der Waals surface area (Å²) in [7, 11) is 0. The number of benzene rings is 2. The number of halogens is 2. The second-order valence-corrected chi connectivity index (χ2v) is 9.53. The molecular formula is C26H28F2N2O5. The zero-order valence-electron chi connectivity index (χ0n) is 19.5. The number of carboxylic acid groups (broad SMARTS) is 1. The largest absolute Gasteiger partial charge is 0.480 e. The number of nitrogens with one attached hydrogen (secondary N) is 1. The average molecular weight is 487 g/mol. The summed E-state index contributed by atoms with van der Waals surface area (Å²) in [6.07, 6.45) is -1.66. The lowest BCUT2D eigenvalue weighted by Crippen LogP contribution is -2.52. The minimum atomic E-state index is -3.30. The normalized spacial score (nSPS) is 19.2. The molecule has 0 aromatic heterocycles. The van der Waals surface area contributed by atoms with Gasteiger partial charge in [0.2, 0.25) is 5.91 Å². The lowest BCUT2D eigenvalue weighted by atomic mass is 9.98. The molecule has 2 N–H and O–H groups in total. The highest BCUT2D eigenvalue weighted by atomic mass is 19.3. The molecule has 1 unspecified atom stereocenters.